The molecule has 2 heterocycles. The van der Waals surface area contributed by atoms with E-state index in [0.717, 1.165) is 22.6 Å². The molecule has 0 unspecified atom stereocenters. The van der Waals surface area contributed by atoms with E-state index >= 15 is 0 Å². The van der Waals surface area contributed by atoms with Crippen LogP contribution in [0.3, 0.4) is 0 Å². The number of hydrogen-bond donors (Lipinski definition) is 2. The van der Waals surface area contributed by atoms with E-state index in [4.69, 9.17) is 5.73 Å². The van der Waals surface area contributed by atoms with Gasteiger partial charge in [0.05, 0.1) is 0 Å². The van der Waals surface area contributed by atoms with Gasteiger partial charge in [0.15, 0.2) is 0 Å². The van der Waals surface area contributed by atoms with Crippen molar-refractivity contribution in [3.63, 3.8) is 0 Å². The maximum atomic E-state index is 13.2. The van der Waals surface area contributed by atoms with Gasteiger partial charge in [-0.05, 0) is 24.3 Å². The summed E-state index contributed by atoms with van der Waals surface area (Å²) in [5, 5.41) is 9.56. The first-order chi connectivity index (χ1) is 16.6. The zero-order chi connectivity index (χ0) is 26.9. The van der Waals surface area contributed by atoms with E-state index in [9.17, 15) is 44.3 Å². The highest BCUT2D eigenvalue weighted by Crippen LogP contribution is 2.50. The quantitative estimate of drug-likeness (QED) is 0.457. The second-order valence-corrected chi connectivity index (χ2v) is 9.64. The SMILES string of the molecule is Nc1ccc(S(=O)(=O)N2CCN(c3ccc(C(O)(C(F)(F)F)C(F)(F)F)cc3)[C@H](C#CCF)C2)cn1. The van der Waals surface area contributed by atoms with Gasteiger partial charge in [0.2, 0.25) is 10.0 Å². The number of rotatable bonds is 4. The molecule has 1 aromatic carbocycles. The topological polar surface area (TPSA) is 99.8 Å². The number of anilines is 2. The molecule has 196 valence electrons. The van der Waals surface area contributed by atoms with Crippen molar-refractivity contribution in [1.29, 1.82) is 0 Å². The zero-order valence-corrected chi connectivity index (χ0v) is 19.0. The molecule has 1 fully saturated rings. The molecule has 1 atom stereocenters. The van der Waals surface area contributed by atoms with Crippen LogP contribution in [0.15, 0.2) is 47.5 Å². The van der Waals surface area contributed by atoms with E-state index in [1.54, 1.807) is 0 Å². The minimum absolute atomic E-state index is 0.0740. The molecule has 1 aromatic heterocycles. The predicted molar refractivity (Wildman–Crippen MR) is 115 cm³/mol. The predicted octanol–water partition coefficient (Wildman–Crippen LogP) is 2.83. The van der Waals surface area contributed by atoms with Crippen LogP contribution >= 0.6 is 0 Å². The highest BCUT2D eigenvalue weighted by atomic mass is 32.2. The van der Waals surface area contributed by atoms with Gasteiger partial charge in [-0.1, -0.05) is 24.0 Å². The molecule has 0 amide bonds. The fourth-order valence-corrected chi connectivity index (χ4v) is 5.02. The maximum Gasteiger partial charge on any atom is 0.430 e. The molecule has 1 aliphatic rings. The fourth-order valence-electron chi connectivity index (χ4n) is 3.64. The van der Waals surface area contributed by atoms with Crippen molar-refractivity contribution in [3.8, 4) is 11.8 Å². The van der Waals surface area contributed by atoms with Crippen LogP contribution in [0.5, 0.6) is 0 Å². The molecule has 15 heteroatoms. The van der Waals surface area contributed by atoms with E-state index in [0.29, 0.717) is 12.1 Å². The summed E-state index contributed by atoms with van der Waals surface area (Å²) in [5.74, 6) is 4.79. The highest BCUT2D eigenvalue weighted by molar-refractivity contribution is 7.89. The van der Waals surface area contributed by atoms with Crippen molar-refractivity contribution in [1.82, 2.24) is 9.29 Å². The second-order valence-electron chi connectivity index (χ2n) is 7.70. The van der Waals surface area contributed by atoms with Crippen molar-refractivity contribution in [2.24, 2.45) is 0 Å². The summed E-state index contributed by atoms with van der Waals surface area (Å²) in [5.41, 5.74) is -0.976. The molecule has 3 N–H and O–H groups in total. The van der Waals surface area contributed by atoms with Gasteiger partial charge in [0.1, 0.15) is 23.4 Å². The van der Waals surface area contributed by atoms with Gasteiger partial charge in [-0.2, -0.15) is 30.6 Å². The summed E-state index contributed by atoms with van der Waals surface area (Å²) in [7, 11) is -4.06. The molecule has 1 saturated heterocycles. The number of alkyl halides is 7. The summed E-state index contributed by atoms with van der Waals surface area (Å²) >= 11 is 0. The molecule has 0 spiro atoms. The lowest BCUT2D eigenvalue weighted by Crippen LogP contribution is -2.55. The van der Waals surface area contributed by atoms with Gasteiger partial charge in [-0.25, -0.2) is 17.8 Å². The summed E-state index contributed by atoms with van der Waals surface area (Å²) in [4.78, 5) is 4.99. The summed E-state index contributed by atoms with van der Waals surface area (Å²) in [6.07, 6.45) is -11.0. The fraction of sp³-hybridized carbons (Fsp3) is 0.381. The van der Waals surface area contributed by atoms with Crippen LogP contribution in [0.4, 0.5) is 42.2 Å². The molecule has 36 heavy (non-hydrogen) atoms. The number of nitrogens with zero attached hydrogens (tertiary/aromatic N) is 3. The van der Waals surface area contributed by atoms with Crippen molar-refractivity contribution < 1.29 is 44.3 Å². The van der Waals surface area contributed by atoms with Crippen molar-refractivity contribution in [2.75, 3.05) is 36.9 Å². The van der Waals surface area contributed by atoms with Crippen LogP contribution in [-0.4, -0.2) is 67.5 Å². The first-order valence-corrected chi connectivity index (χ1v) is 11.6. The third kappa shape index (κ3) is 5.06. The Morgan fingerprint density at radius 1 is 1.03 bits per heavy atom. The third-order valence-corrected chi connectivity index (χ3v) is 7.36. The lowest BCUT2D eigenvalue weighted by Gasteiger charge is -2.40. The molecule has 2 aromatic rings. The standard InChI is InChI=1S/C21H19F7N4O3S/c22-9-1-2-16-13-31(36(34,35)17-7-8-18(29)30-12-17)10-11-32(16)15-5-3-14(4-6-15)19(33,20(23,24)25)21(26,27)28/h3-8,12,16,33H,9-11,13H2,(H2,29,30)/t16-/m1/s1. The Bertz CT molecular complexity index is 1220. The number of nitrogens with two attached hydrogens (primary N) is 1. The Kier molecular flexibility index (Phi) is 7.45. The van der Waals surface area contributed by atoms with Gasteiger partial charge in [-0.3, -0.25) is 0 Å². The Balaban J connectivity index is 1.92. The van der Waals surface area contributed by atoms with Crippen LogP contribution in [0.25, 0.3) is 0 Å². The van der Waals surface area contributed by atoms with Crippen LogP contribution in [0.2, 0.25) is 0 Å². The van der Waals surface area contributed by atoms with Gasteiger partial charge in [0.25, 0.3) is 5.60 Å². The average Bonchev–Trinajstić information content (AvgIpc) is 2.81. The summed E-state index contributed by atoms with van der Waals surface area (Å²) < 4.78 is 119. The molecule has 7 nitrogen and oxygen atoms in total. The Labute approximate surface area is 201 Å². The van der Waals surface area contributed by atoms with Gasteiger partial charge >= 0.3 is 12.4 Å². The number of halogens is 7. The molecular weight excluding hydrogens is 521 g/mol. The summed E-state index contributed by atoms with van der Waals surface area (Å²) in [6.45, 7) is -1.55. The second kappa shape index (κ2) is 9.75. The van der Waals surface area contributed by atoms with Crippen LogP contribution in [0, 0.1) is 11.8 Å². The molecule has 0 bridgehead atoms. The number of aliphatic hydroxyl groups is 1. The molecule has 0 saturated carbocycles. The van der Waals surface area contributed by atoms with E-state index in [1.165, 1.54) is 17.0 Å². The lowest BCUT2D eigenvalue weighted by molar-refractivity contribution is -0.376. The van der Waals surface area contributed by atoms with Crippen LogP contribution in [0.1, 0.15) is 5.56 Å². The van der Waals surface area contributed by atoms with Gasteiger partial charge in [-0.15, -0.1) is 0 Å². The van der Waals surface area contributed by atoms with E-state index in [1.807, 2.05) is 0 Å². The average molecular weight is 540 g/mol. The Morgan fingerprint density at radius 2 is 1.64 bits per heavy atom. The van der Waals surface area contributed by atoms with E-state index in [2.05, 4.69) is 16.8 Å². The van der Waals surface area contributed by atoms with Crippen molar-refractivity contribution in [3.05, 3.63) is 48.2 Å². The van der Waals surface area contributed by atoms with Crippen molar-refractivity contribution >= 4 is 21.5 Å². The number of aromatic nitrogens is 1. The largest absolute Gasteiger partial charge is 0.430 e. The first kappa shape index (κ1) is 27.5. The van der Waals surface area contributed by atoms with Gasteiger partial charge < -0.3 is 15.7 Å². The first-order valence-electron chi connectivity index (χ1n) is 10.1. The number of hydrogen-bond acceptors (Lipinski definition) is 6. The molecule has 3 rings (SSSR count). The number of nitrogen functional groups attached to an aromatic ring is 1. The van der Waals surface area contributed by atoms with E-state index in [-0.39, 0.29) is 36.0 Å². The van der Waals surface area contributed by atoms with Crippen LogP contribution < -0.4 is 10.6 Å². The molecular formula is C21H19F7N4O3S. The smallest absolute Gasteiger partial charge is 0.384 e. The van der Waals surface area contributed by atoms with Crippen molar-refractivity contribution in [2.45, 2.75) is 28.9 Å². The van der Waals surface area contributed by atoms with Crippen LogP contribution in [-0.2, 0) is 15.6 Å². The number of piperazine rings is 1. The third-order valence-electron chi connectivity index (χ3n) is 5.51. The normalized spacial score (nSPS) is 18.0. The molecule has 1 aliphatic heterocycles. The van der Waals surface area contributed by atoms with E-state index < -0.39 is 46.3 Å². The lowest BCUT2D eigenvalue weighted by atomic mass is 9.92. The monoisotopic (exact) mass is 540 g/mol. The Hall–Kier alpha value is -3.09. The maximum absolute atomic E-state index is 13.2. The van der Waals surface area contributed by atoms with Gasteiger partial charge in [0, 0.05) is 37.1 Å². The number of sulfonamides is 1. The minimum atomic E-state index is -6.04. The minimum Gasteiger partial charge on any atom is -0.384 e. The summed E-state index contributed by atoms with van der Waals surface area (Å²) in [6, 6.07) is 4.31. The number of pyridine rings is 1. The molecule has 0 aliphatic carbocycles. The molecule has 0 radical (unpaired) electrons. The highest BCUT2D eigenvalue weighted by Gasteiger charge is 2.71. The number of benzene rings is 1. The zero-order valence-electron chi connectivity index (χ0n) is 18.2. The Morgan fingerprint density at radius 3 is 2.14 bits per heavy atom.